The Bertz CT molecular complexity index is 404. The summed E-state index contributed by atoms with van der Waals surface area (Å²) in [5.41, 5.74) is 0.984. The summed E-state index contributed by atoms with van der Waals surface area (Å²) in [6, 6.07) is 3.97. The molecule has 0 saturated carbocycles. The van der Waals surface area contributed by atoms with Crippen LogP contribution in [0.25, 0.3) is 0 Å². The van der Waals surface area contributed by atoms with E-state index in [1.807, 2.05) is 0 Å². The molecule has 0 radical (unpaired) electrons. The minimum atomic E-state index is -0.814. The molecule has 0 fully saturated rings. The molecule has 2 amide bonds. The molecule has 0 aromatic heterocycles. The Hall–Kier alpha value is -1.91. The van der Waals surface area contributed by atoms with Gasteiger partial charge in [0.15, 0.2) is 0 Å². The topological polar surface area (TPSA) is 58.2 Å². The zero-order chi connectivity index (χ0) is 11.4. The van der Waals surface area contributed by atoms with Crippen LogP contribution < -0.4 is 10.6 Å². The standard InChI is InChI=1S/C10H11FN2O2/c1-6-3-4-7(11)5-8(6)13-10(15)9(14)12-2/h3-5H,1-2H3,(H,12,14)(H,13,15). The highest BCUT2D eigenvalue weighted by Gasteiger charge is 2.12. The van der Waals surface area contributed by atoms with Crippen LogP contribution in [0.4, 0.5) is 10.1 Å². The van der Waals surface area contributed by atoms with Gasteiger partial charge in [0.2, 0.25) is 0 Å². The maximum atomic E-state index is 12.8. The van der Waals surface area contributed by atoms with Crippen molar-refractivity contribution in [2.45, 2.75) is 6.92 Å². The number of amides is 2. The van der Waals surface area contributed by atoms with Crippen LogP contribution in [0.3, 0.4) is 0 Å². The van der Waals surface area contributed by atoms with Gasteiger partial charge in [-0.05, 0) is 24.6 Å². The average molecular weight is 210 g/mol. The van der Waals surface area contributed by atoms with E-state index in [4.69, 9.17) is 0 Å². The normalized spacial score (nSPS) is 9.53. The molecular formula is C10H11FN2O2. The third kappa shape index (κ3) is 2.77. The second kappa shape index (κ2) is 4.54. The van der Waals surface area contributed by atoms with Gasteiger partial charge in [0, 0.05) is 12.7 Å². The molecule has 5 heteroatoms. The first-order chi connectivity index (χ1) is 7.04. The van der Waals surface area contributed by atoms with Gasteiger partial charge in [0.05, 0.1) is 0 Å². The fourth-order valence-corrected chi connectivity index (χ4v) is 1.02. The van der Waals surface area contributed by atoms with Crippen molar-refractivity contribution < 1.29 is 14.0 Å². The molecule has 4 nitrogen and oxygen atoms in total. The summed E-state index contributed by atoms with van der Waals surface area (Å²) in [4.78, 5) is 22.1. The minimum absolute atomic E-state index is 0.295. The number of anilines is 1. The Morgan fingerprint density at radius 1 is 1.27 bits per heavy atom. The summed E-state index contributed by atoms with van der Waals surface area (Å²) in [5, 5.41) is 4.49. The molecule has 0 aliphatic heterocycles. The average Bonchev–Trinajstić information content (AvgIpc) is 2.22. The van der Waals surface area contributed by atoms with Crippen LogP contribution in [-0.4, -0.2) is 18.9 Å². The lowest BCUT2D eigenvalue weighted by Crippen LogP contribution is -2.32. The molecule has 15 heavy (non-hydrogen) atoms. The van der Waals surface area contributed by atoms with Crippen LogP contribution in [0.2, 0.25) is 0 Å². The van der Waals surface area contributed by atoms with E-state index in [2.05, 4.69) is 10.6 Å². The number of aryl methyl sites for hydroxylation is 1. The number of benzene rings is 1. The molecule has 0 unspecified atom stereocenters. The van der Waals surface area contributed by atoms with Crippen molar-refractivity contribution in [1.29, 1.82) is 0 Å². The quantitative estimate of drug-likeness (QED) is 0.674. The van der Waals surface area contributed by atoms with Crippen LogP contribution >= 0.6 is 0 Å². The highest BCUT2D eigenvalue weighted by Crippen LogP contribution is 2.15. The molecule has 0 aliphatic carbocycles. The van der Waals surface area contributed by atoms with E-state index in [0.29, 0.717) is 11.3 Å². The van der Waals surface area contributed by atoms with Crippen molar-refractivity contribution in [3.63, 3.8) is 0 Å². The predicted molar refractivity (Wildman–Crippen MR) is 53.8 cm³/mol. The summed E-state index contributed by atoms with van der Waals surface area (Å²) in [5.74, 6) is -2.04. The Labute approximate surface area is 86.5 Å². The van der Waals surface area contributed by atoms with E-state index >= 15 is 0 Å². The summed E-state index contributed by atoms with van der Waals surface area (Å²) >= 11 is 0. The lowest BCUT2D eigenvalue weighted by Gasteiger charge is -2.07. The van der Waals surface area contributed by atoms with Gasteiger partial charge in [0.25, 0.3) is 0 Å². The van der Waals surface area contributed by atoms with Crippen molar-refractivity contribution in [1.82, 2.24) is 5.32 Å². The fourth-order valence-electron chi connectivity index (χ4n) is 1.02. The molecule has 2 N–H and O–H groups in total. The third-order valence-electron chi connectivity index (χ3n) is 1.88. The highest BCUT2D eigenvalue weighted by molar-refractivity contribution is 6.39. The summed E-state index contributed by atoms with van der Waals surface area (Å²) < 4.78 is 12.8. The smallest absolute Gasteiger partial charge is 0.313 e. The van der Waals surface area contributed by atoms with E-state index in [1.54, 1.807) is 6.92 Å². The highest BCUT2D eigenvalue weighted by atomic mass is 19.1. The van der Waals surface area contributed by atoms with Gasteiger partial charge in [-0.15, -0.1) is 0 Å². The molecule has 1 aromatic carbocycles. The number of hydrogen-bond donors (Lipinski definition) is 2. The number of halogens is 1. The van der Waals surface area contributed by atoms with E-state index in [-0.39, 0.29) is 0 Å². The molecule has 0 bridgehead atoms. The van der Waals surface area contributed by atoms with Crippen molar-refractivity contribution in [2.75, 3.05) is 12.4 Å². The first kappa shape index (κ1) is 11.2. The van der Waals surface area contributed by atoms with E-state index in [9.17, 15) is 14.0 Å². The minimum Gasteiger partial charge on any atom is -0.351 e. The maximum Gasteiger partial charge on any atom is 0.313 e. The summed E-state index contributed by atoms with van der Waals surface area (Å²) in [6.07, 6.45) is 0. The predicted octanol–water partition coefficient (Wildman–Crippen LogP) is 0.819. The number of rotatable bonds is 1. The van der Waals surface area contributed by atoms with Crippen LogP contribution in [0.5, 0.6) is 0 Å². The molecule has 0 saturated heterocycles. The molecular weight excluding hydrogens is 199 g/mol. The van der Waals surface area contributed by atoms with E-state index in [0.717, 1.165) is 6.07 Å². The molecule has 80 valence electrons. The first-order valence-electron chi connectivity index (χ1n) is 4.34. The van der Waals surface area contributed by atoms with E-state index in [1.165, 1.54) is 19.2 Å². The molecule has 0 aliphatic rings. The van der Waals surface area contributed by atoms with Crippen LogP contribution in [0.15, 0.2) is 18.2 Å². The van der Waals surface area contributed by atoms with Gasteiger partial charge in [-0.2, -0.15) is 0 Å². The van der Waals surface area contributed by atoms with Crippen LogP contribution in [-0.2, 0) is 9.59 Å². The maximum absolute atomic E-state index is 12.8. The molecule has 0 heterocycles. The van der Waals surface area contributed by atoms with Crippen LogP contribution in [0.1, 0.15) is 5.56 Å². The zero-order valence-electron chi connectivity index (χ0n) is 8.43. The number of nitrogens with one attached hydrogen (secondary N) is 2. The van der Waals surface area contributed by atoms with Crippen molar-refractivity contribution >= 4 is 17.5 Å². The lowest BCUT2D eigenvalue weighted by molar-refractivity contribution is -0.135. The Morgan fingerprint density at radius 3 is 2.53 bits per heavy atom. The fraction of sp³-hybridized carbons (Fsp3) is 0.200. The Morgan fingerprint density at radius 2 is 1.93 bits per heavy atom. The first-order valence-corrected chi connectivity index (χ1v) is 4.34. The molecule has 1 rings (SSSR count). The molecule has 0 atom stereocenters. The number of hydrogen-bond acceptors (Lipinski definition) is 2. The van der Waals surface area contributed by atoms with Crippen LogP contribution in [0, 0.1) is 12.7 Å². The Balaban J connectivity index is 2.85. The lowest BCUT2D eigenvalue weighted by atomic mass is 10.2. The van der Waals surface area contributed by atoms with Gasteiger partial charge < -0.3 is 10.6 Å². The molecule has 0 spiro atoms. The van der Waals surface area contributed by atoms with Crippen molar-refractivity contribution in [3.05, 3.63) is 29.6 Å². The Kier molecular flexibility index (Phi) is 3.38. The van der Waals surface area contributed by atoms with Crippen molar-refractivity contribution in [2.24, 2.45) is 0 Å². The monoisotopic (exact) mass is 210 g/mol. The van der Waals surface area contributed by atoms with Gasteiger partial charge in [-0.1, -0.05) is 6.07 Å². The number of carbonyl (C=O) groups is 2. The second-order valence-corrected chi connectivity index (χ2v) is 2.99. The van der Waals surface area contributed by atoms with Gasteiger partial charge >= 0.3 is 11.8 Å². The van der Waals surface area contributed by atoms with Gasteiger partial charge in [-0.25, -0.2) is 4.39 Å². The zero-order valence-corrected chi connectivity index (χ0v) is 8.43. The van der Waals surface area contributed by atoms with Crippen molar-refractivity contribution in [3.8, 4) is 0 Å². The van der Waals surface area contributed by atoms with Gasteiger partial charge in [-0.3, -0.25) is 9.59 Å². The molecule has 1 aromatic rings. The van der Waals surface area contributed by atoms with Gasteiger partial charge in [0.1, 0.15) is 5.82 Å². The summed E-state index contributed by atoms with van der Waals surface area (Å²) in [6.45, 7) is 1.71. The third-order valence-corrected chi connectivity index (χ3v) is 1.88. The summed E-state index contributed by atoms with van der Waals surface area (Å²) in [7, 11) is 1.35. The number of carbonyl (C=O) groups excluding carboxylic acids is 2. The SMILES string of the molecule is CNC(=O)C(=O)Nc1cc(F)ccc1C. The van der Waals surface area contributed by atoms with E-state index < -0.39 is 17.6 Å². The second-order valence-electron chi connectivity index (χ2n) is 2.99. The number of likely N-dealkylation sites (N-methyl/N-ethyl adjacent to an activating group) is 1. The largest absolute Gasteiger partial charge is 0.351 e.